The van der Waals surface area contributed by atoms with E-state index in [-0.39, 0.29) is 11.9 Å². The van der Waals surface area contributed by atoms with Gasteiger partial charge in [0.1, 0.15) is 0 Å². The first-order valence-electron chi connectivity index (χ1n) is 6.32. The molecule has 1 saturated heterocycles. The van der Waals surface area contributed by atoms with Crippen molar-refractivity contribution in [3.8, 4) is 0 Å². The number of amides is 1. The second-order valence-electron chi connectivity index (χ2n) is 4.91. The standard InChI is InChI=1S/C14H17N3O/c1-17-8-2-3-13(17)14(18)16-11-4-5-12-10(9-11)6-7-15-12/h4-7,9,13,15H,2-3,8H2,1H3,(H,16,18)/t13-/m0/s1. The van der Waals surface area contributed by atoms with Gasteiger partial charge in [0, 0.05) is 22.8 Å². The Morgan fingerprint density at radius 1 is 1.44 bits per heavy atom. The molecule has 0 bridgehead atoms. The lowest BCUT2D eigenvalue weighted by Gasteiger charge is -2.18. The third-order valence-electron chi connectivity index (χ3n) is 3.64. The van der Waals surface area contributed by atoms with Gasteiger partial charge in [0.25, 0.3) is 0 Å². The molecule has 1 aromatic heterocycles. The Labute approximate surface area is 106 Å². The van der Waals surface area contributed by atoms with Gasteiger partial charge >= 0.3 is 0 Å². The highest BCUT2D eigenvalue weighted by molar-refractivity contribution is 5.97. The minimum atomic E-state index is 0.0203. The minimum Gasteiger partial charge on any atom is -0.361 e. The van der Waals surface area contributed by atoms with Gasteiger partial charge < -0.3 is 10.3 Å². The van der Waals surface area contributed by atoms with Crippen molar-refractivity contribution in [1.82, 2.24) is 9.88 Å². The van der Waals surface area contributed by atoms with Crippen molar-refractivity contribution in [1.29, 1.82) is 0 Å². The fourth-order valence-electron chi connectivity index (χ4n) is 2.60. The molecule has 1 atom stereocenters. The van der Waals surface area contributed by atoms with Crippen LogP contribution in [0.3, 0.4) is 0 Å². The fraction of sp³-hybridized carbons (Fsp3) is 0.357. The first kappa shape index (κ1) is 11.3. The zero-order chi connectivity index (χ0) is 12.5. The van der Waals surface area contributed by atoms with Crippen LogP contribution in [0.4, 0.5) is 5.69 Å². The summed E-state index contributed by atoms with van der Waals surface area (Å²) in [6, 6.07) is 7.95. The van der Waals surface area contributed by atoms with Gasteiger partial charge in [-0.3, -0.25) is 9.69 Å². The van der Waals surface area contributed by atoms with E-state index in [1.807, 2.05) is 37.5 Å². The van der Waals surface area contributed by atoms with Crippen molar-refractivity contribution < 1.29 is 4.79 Å². The van der Waals surface area contributed by atoms with E-state index in [0.717, 1.165) is 36.0 Å². The number of hydrogen-bond acceptors (Lipinski definition) is 2. The predicted molar refractivity (Wildman–Crippen MR) is 72.6 cm³/mol. The van der Waals surface area contributed by atoms with E-state index in [9.17, 15) is 4.79 Å². The third-order valence-corrected chi connectivity index (χ3v) is 3.64. The molecule has 1 fully saturated rings. The highest BCUT2D eigenvalue weighted by Crippen LogP contribution is 2.20. The number of anilines is 1. The SMILES string of the molecule is CN1CCC[C@H]1C(=O)Nc1ccc2[nH]ccc2c1. The van der Waals surface area contributed by atoms with Crippen LogP contribution in [0.15, 0.2) is 30.5 Å². The molecule has 0 aliphatic carbocycles. The van der Waals surface area contributed by atoms with Crippen LogP contribution in [0, 0.1) is 0 Å². The molecule has 1 aromatic carbocycles. The maximum Gasteiger partial charge on any atom is 0.241 e. The molecular weight excluding hydrogens is 226 g/mol. The van der Waals surface area contributed by atoms with Crippen LogP contribution in [-0.4, -0.2) is 35.4 Å². The van der Waals surface area contributed by atoms with Crippen LogP contribution in [0.25, 0.3) is 10.9 Å². The number of carbonyl (C=O) groups excluding carboxylic acids is 1. The number of nitrogens with zero attached hydrogens (tertiary/aromatic N) is 1. The molecule has 18 heavy (non-hydrogen) atoms. The molecule has 1 amide bonds. The average Bonchev–Trinajstić information content (AvgIpc) is 2.96. The lowest BCUT2D eigenvalue weighted by atomic mass is 10.2. The van der Waals surface area contributed by atoms with E-state index in [1.165, 1.54) is 0 Å². The van der Waals surface area contributed by atoms with Gasteiger partial charge in [-0.05, 0) is 50.7 Å². The van der Waals surface area contributed by atoms with Crippen molar-refractivity contribution in [2.24, 2.45) is 0 Å². The van der Waals surface area contributed by atoms with Gasteiger partial charge in [-0.25, -0.2) is 0 Å². The van der Waals surface area contributed by atoms with Crippen LogP contribution in [0.5, 0.6) is 0 Å². The molecule has 3 rings (SSSR count). The van der Waals surface area contributed by atoms with Crippen LogP contribution >= 0.6 is 0 Å². The fourth-order valence-corrected chi connectivity index (χ4v) is 2.60. The summed E-state index contributed by atoms with van der Waals surface area (Å²) >= 11 is 0. The molecule has 0 radical (unpaired) electrons. The minimum absolute atomic E-state index is 0.0203. The molecule has 1 aliphatic rings. The summed E-state index contributed by atoms with van der Waals surface area (Å²) in [5, 5.41) is 4.12. The molecule has 0 saturated carbocycles. The van der Waals surface area contributed by atoms with E-state index >= 15 is 0 Å². The Balaban J connectivity index is 1.77. The van der Waals surface area contributed by atoms with Gasteiger partial charge in [0.2, 0.25) is 5.91 Å². The predicted octanol–water partition coefficient (Wildman–Crippen LogP) is 2.20. The summed E-state index contributed by atoms with van der Waals surface area (Å²) in [5.41, 5.74) is 1.96. The van der Waals surface area contributed by atoms with Crippen LogP contribution in [0.1, 0.15) is 12.8 Å². The molecular formula is C14H17N3O. The number of nitrogens with one attached hydrogen (secondary N) is 2. The normalized spacial score (nSPS) is 20.4. The average molecular weight is 243 g/mol. The first-order valence-corrected chi connectivity index (χ1v) is 6.32. The maximum absolute atomic E-state index is 12.1. The number of aromatic nitrogens is 1. The Bertz CT molecular complexity index is 575. The zero-order valence-electron chi connectivity index (χ0n) is 10.4. The molecule has 0 unspecified atom stereocenters. The summed E-state index contributed by atoms with van der Waals surface area (Å²) < 4.78 is 0. The largest absolute Gasteiger partial charge is 0.361 e. The summed E-state index contributed by atoms with van der Waals surface area (Å²) in [4.78, 5) is 17.4. The van der Waals surface area contributed by atoms with Crippen molar-refractivity contribution in [2.75, 3.05) is 18.9 Å². The van der Waals surface area contributed by atoms with Crippen LogP contribution in [0.2, 0.25) is 0 Å². The Kier molecular flexibility index (Phi) is 2.80. The summed E-state index contributed by atoms with van der Waals surface area (Å²) in [6.45, 7) is 1.01. The first-order chi connectivity index (χ1) is 8.74. The maximum atomic E-state index is 12.1. The lowest BCUT2D eigenvalue weighted by Crippen LogP contribution is -2.37. The van der Waals surface area contributed by atoms with Gasteiger partial charge in [0.05, 0.1) is 6.04 Å². The van der Waals surface area contributed by atoms with Crippen molar-refractivity contribution in [3.05, 3.63) is 30.5 Å². The number of fused-ring (bicyclic) bond motifs is 1. The third kappa shape index (κ3) is 1.99. The topological polar surface area (TPSA) is 48.1 Å². The number of likely N-dealkylation sites (tertiary alicyclic amines) is 1. The van der Waals surface area contributed by atoms with E-state index in [2.05, 4.69) is 15.2 Å². The Morgan fingerprint density at radius 3 is 3.11 bits per heavy atom. The Morgan fingerprint density at radius 2 is 2.33 bits per heavy atom. The van der Waals surface area contributed by atoms with E-state index in [1.54, 1.807) is 0 Å². The monoisotopic (exact) mass is 243 g/mol. The molecule has 2 aromatic rings. The number of benzene rings is 1. The van der Waals surface area contributed by atoms with Crippen LogP contribution < -0.4 is 5.32 Å². The second kappa shape index (κ2) is 4.46. The van der Waals surface area contributed by atoms with Crippen LogP contribution in [-0.2, 0) is 4.79 Å². The quantitative estimate of drug-likeness (QED) is 0.849. The Hall–Kier alpha value is -1.81. The van der Waals surface area contributed by atoms with E-state index in [0.29, 0.717) is 0 Å². The molecule has 1 aliphatic heterocycles. The van der Waals surface area contributed by atoms with Gasteiger partial charge in [0.15, 0.2) is 0 Å². The highest BCUT2D eigenvalue weighted by atomic mass is 16.2. The van der Waals surface area contributed by atoms with Crippen molar-refractivity contribution in [2.45, 2.75) is 18.9 Å². The zero-order valence-corrected chi connectivity index (χ0v) is 10.4. The lowest BCUT2D eigenvalue weighted by molar-refractivity contribution is -0.119. The summed E-state index contributed by atoms with van der Waals surface area (Å²) in [6.07, 6.45) is 3.96. The molecule has 4 nitrogen and oxygen atoms in total. The van der Waals surface area contributed by atoms with E-state index in [4.69, 9.17) is 0 Å². The van der Waals surface area contributed by atoms with Gasteiger partial charge in [-0.2, -0.15) is 0 Å². The molecule has 2 heterocycles. The van der Waals surface area contributed by atoms with Crippen molar-refractivity contribution in [3.63, 3.8) is 0 Å². The number of carbonyl (C=O) groups is 1. The number of likely N-dealkylation sites (N-methyl/N-ethyl adjacent to an activating group) is 1. The van der Waals surface area contributed by atoms with Gasteiger partial charge in [-0.15, -0.1) is 0 Å². The molecule has 94 valence electrons. The molecule has 4 heteroatoms. The second-order valence-corrected chi connectivity index (χ2v) is 4.91. The summed E-state index contributed by atoms with van der Waals surface area (Å²) in [5.74, 6) is 0.102. The molecule has 2 N–H and O–H groups in total. The van der Waals surface area contributed by atoms with Gasteiger partial charge in [-0.1, -0.05) is 0 Å². The molecule has 0 spiro atoms. The van der Waals surface area contributed by atoms with E-state index < -0.39 is 0 Å². The van der Waals surface area contributed by atoms with Crippen molar-refractivity contribution >= 4 is 22.5 Å². The number of rotatable bonds is 2. The summed E-state index contributed by atoms with van der Waals surface area (Å²) in [7, 11) is 2.01. The smallest absolute Gasteiger partial charge is 0.241 e. The highest BCUT2D eigenvalue weighted by Gasteiger charge is 2.27. The number of aromatic amines is 1. The number of hydrogen-bond donors (Lipinski definition) is 2. The number of H-pyrrole nitrogens is 1.